The van der Waals surface area contributed by atoms with Gasteiger partial charge in [0.15, 0.2) is 0 Å². The van der Waals surface area contributed by atoms with Crippen molar-refractivity contribution >= 4 is 24.2 Å². The van der Waals surface area contributed by atoms with E-state index in [0.29, 0.717) is 11.7 Å². The summed E-state index contributed by atoms with van der Waals surface area (Å²) in [4.78, 5) is 7.17. The molecule has 0 unspecified atom stereocenters. The number of halogens is 1. The smallest absolute Gasteiger partial charge is 0.137 e. The quantitative estimate of drug-likeness (QED) is 0.278. The Morgan fingerprint density at radius 1 is 1.86 bits per heavy atom. The summed E-state index contributed by atoms with van der Waals surface area (Å²) in [6.07, 6.45) is 0. The van der Waals surface area contributed by atoms with Crippen LogP contribution < -0.4 is 0 Å². The summed E-state index contributed by atoms with van der Waals surface area (Å²) in [5.41, 5.74) is 0. The van der Waals surface area contributed by atoms with E-state index in [-0.39, 0.29) is 0 Å². The fourth-order valence-corrected chi connectivity index (χ4v) is 0.377. The van der Waals surface area contributed by atoms with Crippen molar-refractivity contribution in [3.8, 4) is 0 Å². The molecule has 0 rings (SSSR count). The Kier molecular flexibility index (Phi) is 3.61. The monoisotopic (exact) mass is 118 g/mol. The molecule has 0 aromatic carbocycles. The van der Waals surface area contributed by atoms with Gasteiger partial charge in [-0.1, -0.05) is 0 Å². The lowest BCUT2D eigenvalue weighted by molar-refractivity contribution is 1.39. The fraction of sp³-hybridized carbons (Fsp3) is 0.500. The Labute approximate surface area is 47.9 Å². The molecule has 0 aliphatic rings. The van der Waals surface area contributed by atoms with Crippen molar-refractivity contribution in [1.82, 2.24) is 0 Å². The lowest BCUT2D eigenvalue weighted by Crippen LogP contribution is -1.92. The van der Waals surface area contributed by atoms with Gasteiger partial charge in [-0.25, -0.2) is 4.99 Å². The van der Waals surface area contributed by atoms with Gasteiger partial charge < -0.3 is 0 Å². The molecule has 3 heteroatoms. The van der Waals surface area contributed by atoms with Gasteiger partial charge in [0.1, 0.15) is 5.84 Å². The van der Waals surface area contributed by atoms with Crippen LogP contribution in [0.15, 0.2) is 9.98 Å². The number of amidine groups is 1. The Hall–Kier alpha value is -0.370. The first-order valence-corrected chi connectivity index (χ1v) is 2.37. The van der Waals surface area contributed by atoms with E-state index in [1.165, 1.54) is 0 Å². The van der Waals surface area contributed by atoms with Crippen LogP contribution in [0.25, 0.3) is 0 Å². The zero-order valence-electron chi connectivity index (χ0n) is 4.19. The number of hydrogen-bond acceptors (Lipinski definition) is 1. The summed E-state index contributed by atoms with van der Waals surface area (Å²) >= 11 is 5.30. The van der Waals surface area contributed by atoms with Gasteiger partial charge in [0.25, 0.3) is 0 Å². The fourth-order valence-electron chi connectivity index (χ4n) is 0.173. The van der Waals surface area contributed by atoms with Crippen LogP contribution >= 0.6 is 11.6 Å². The van der Waals surface area contributed by atoms with Crippen molar-refractivity contribution in [3.05, 3.63) is 0 Å². The average molecular weight is 119 g/mol. The molecule has 0 heterocycles. The minimum atomic E-state index is 0.347. The maximum Gasteiger partial charge on any atom is 0.137 e. The second-order valence-corrected chi connectivity index (χ2v) is 1.20. The molecule has 0 atom stereocenters. The van der Waals surface area contributed by atoms with Gasteiger partial charge in [0.05, 0.1) is 5.88 Å². The van der Waals surface area contributed by atoms with E-state index in [4.69, 9.17) is 11.6 Å². The van der Waals surface area contributed by atoms with Crippen LogP contribution in [0.4, 0.5) is 0 Å². The van der Waals surface area contributed by atoms with Gasteiger partial charge in [-0.3, -0.25) is 4.99 Å². The molecule has 0 bridgehead atoms. The molecule has 0 aromatic heterocycles. The molecule has 0 aliphatic carbocycles. The lowest BCUT2D eigenvalue weighted by Gasteiger charge is -1.84. The van der Waals surface area contributed by atoms with E-state index >= 15 is 0 Å². The van der Waals surface area contributed by atoms with Crippen LogP contribution in [0.1, 0.15) is 0 Å². The van der Waals surface area contributed by atoms with E-state index in [0.717, 1.165) is 0 Å². The van der Waals surface area contributed by atoms with E-state index < -0.39 is 0 Å². The van der Waals surface area contributed by atoms with Crippen LogP contribution in [0, 0.1) is 0 Å². The van der Waals surface area contributed by atoms with Crippen molar-refractivity contribution in [1.29, 1.82) is 0 Å². The normalized spacial score (nSPS) is 11.4. The third kappa shape index (κ3) is 2.34. The molecule has 0 saturated heterocycles. The minimum Gasteiger partial charge on any atom is -0.273 e. The van der Waals surface area contributed by atoms with Gasteiger partial charge in [-0.05, 0) is 6.72 Å². The van der Waals surface area contributed by atoms with E-state index in [9.17, 15) is 0 Å². The molecule has 0 spiro atoms. The molecule has 0 fully saturated rings. The summed E-state index contributed by atoms with van der Waals surface area (Å²) in [6, 6.07) is 0. The highest BCUT2D eigenvalue weighted by Gasteiger charge is 1.83. The first-order chi connectivity index (χ1) is 3.35. The Morgan fingerprint density at radius 3 is 2.43 bits per heavy atom. The van der Waals surface area contributed by atoms with Crippen molar-refractivity contribution in [2.75, 3.05) is 12.9 Å². The SMILES string of the molecule is C=NC(CCl)=NC. The maximum absolute atomic E-state index is 5.30. The van der Waals surface area contributed by atoms with Crippen LogP contribution in [0.5, 0.6) is 0 Å². The Bertz CT molecular complexity index is 87.7. The first-order valence-electron chi connectivity index (χ1n) is 1.83. The van der Waals surface area contributed by atoms with E-state index in [1.807, 2.05) is 0 Å². The van der Waals surface area contributed by atoms with E-state index in [1.54, 1.807) is 7.05 Å². The summed E-state index contributed by atoms with van der Waals surface area (Å²) < 4.78 is 0. The first kappa shape index (κ1) is 6.63. The zero-order valence-corrected chi connectivity index (χ0v) is 4.94. The molecule has 7 heavy (non-hydrogen) atoms. The number of hydrogen-bond donors (Lipinski definition) is 0. The molecule has 40 valence electrons. The second kappa shape index (κ2) is 3.81. The largest absolute Gasteiger partial charge is 0.273 e. The third-order valence-electron chi connectivity index (χ3n) is 0.560. The molecule has 0 N–H and O–H groups in total. The molecule has 0 amide bonds. The average Bonchev–Trinajstić information content (AvgIpc) is 1.72. The lowest BCUT2D eigenvalue weighted by atomic mass is 10.7. The topological polar surface area (TPSA) is 24.7 Å². The summed E-state index contributed by atoms with van der Waals surface area (Å²) in [5.74, 6) is 0.932. The van der Waals surface area contributed by atoms with Gasteiger partial charge in [0, 0.05) is 7.05 Å². The summed E-state index contributed by atoms with van der Waals surface area (Å²) in [5, 5.41) is 0. The third-order valence-corrected chi connectivity index (χ3v) is 0.799. The van der Waals surface area contributed by atoms with Gasteiger partial charge in [0.2, 0.25) is 0 Å². The Balaban J connectivity index is 3.60. The summed E-state index contributed by atoms with van der Waals surface area (Å²) in [6.45, 7) is 3.24. The molecule has 0 radical (unpaired) electrons. The van der Waals surface area contributed by atoms with Crippen LogP contribution in [-0.2, 0) is 0 Å². The van der Waals surface area contributed by atoms with Crippen LogP contribution in [-0.4, -0.2) is 25.5 Å². The van der Waals surface area contributed by atoms with Crippen LogP contribution in [0.3, 0.4) is 0 Å². The van der Waals surface area contributed by atoms with Crippen LogP contribution in [0.2, 0.25) is 0 Å². The van der Waals surface area contributed by atoms with Crippen molar-refractivity contribution in [2.24, 2.45) is 9.98 Å². The molecule has 0 aromatic rings. The summed E-state index contributed by atoms with van der Waals surface area (Å²) in [7, 11) is 1.63. The highest BCUT2D eigenvalue weighted by atomic mass is 35.5. The van der Waals surface area contributed by atoms with Crippen molar-refractivity contribution in [3.63, 3.8) is 0 Å². The predicted molar refractivity (Wildman–Crippen MR) is 33.6 cm³/mol. The predicted octanol–water partition coefficient (Wildman–Crippen LogP) is 0.954. The van der Waals surface area contributed by atoms with Crippen molar-refractivity contribution in [2.45, 2.75) is 0 Å². The molecule has 2 nitrogen and oxygen atoms in total. The maximum atomic E-state index is 5.30. The van der Waals surface area contributed by atoms with Gasteiger partial charge in [-0.2, -0.15) is 0 Å². The number of aliphatic imine (C=N–C) groups is 2. The second-order valence-electron chi connectivity index (χ2n) is 0.932. The van der Waals surface area contributed by atoms with Gasteiger partial charge in [-0.15, -0.1) is 11.6 Å². The zero-order chi connectivity index (χ0) is 5.70. The molecular formula is C4H7ClN2. The molecule has 0 aliphatic heterocycles. The molecule has 0 saturated carbocycles. The Morgan fingerprint density at radius 2 is 2.43 bits per heavy atom. The standard InChI is InChI=1S/C4H7ClN2/c1-6-4(3-5)7-2/h1,3H2,2H3. The number of alkyl halides is 1. The van der Waals surface area contributed by atoms with E-state index in [2.05, 4.69) is 16.7 Å². The van der Waals surface area contributed by atoms with Crippen molar-refractivity contribution < 1.29 is 0 Å². The van der Waals surface area contributed by atoms with Gasteiger partial charge >= 0.3 is 0 Å². The number of nitrogens with zero attached hydrogens (tertiary/aromatic N) is 2. The minimum absolute atomic E-state index is 0.347. The highest BCUT2D eigenvalue weighted by Crippen LogP contribution is 1.80. The molecular weight excluding hydrogens is 112 g/mol. The highest BCUT2D eigenvalue weighted by molar-refractivity contribution is 6.28. The number of rotatable bonds is 1.